The van der Waals surface area contributed by atoms with Crippen molar-refractivity contribution in [2.45, 2.75) is 59.1 Å². The molecule has 0 spiro atoms. The Hall–Kier alpha value is -2.04. The number of benzene rings is 1. The first-order chi connectivity index (χ1) is 11.7. The molecule has 2 amide bonds. The molecule has 25 heavy (non-hydrogen) atoms. The summed E-state index contributed by atoms with van der Waals surface area (Å²) in [5.74, 6) is 0.0183. The maximum absolute atomic E-state index is 12.6. The lowest BCUT2D eigenvalue weighted by Crippen LogP contribution is -2.45. The van der Waals surface area contributed by atoms with E-state index in [0.717, 1.165) is 5.56 Å². The van der Waals surface area contributed by atoms with Gasteiger partial charge in [0.25, 0.3) is 0 Å². The number of piperidine rings is 1. The van der Waals surface area contributed by atoms with Crippen molar-refractivity contribution >= 4 is 12.0 Å². The van der Waals surface area contributed by atoms with Crippen LogP contribution in [0.4, 0.5) is 4.79 Å². The van der Waals surface area contributed by atoms with E-state index < -0.39 is 5.60 Å². The average Bonchev–Trinajstić information content (AvgIpc) is 2.53. The van der Waals surface area contributed by atoms with Gasteiger partial charge in [-0.2, -0.15) is 0 Å². The molecule has 1 unspecified atom stereocenters. The first-order valence-electron chi connectivity index (χ1n) is 9.01. The van der Waals surface area contributed by atoms with Crippen molar-refractivity contribution in [1.82, 2.24) is 10.2 Å². The van der Waals surface area contributed by atoms with E-state index in [0.29, 0.717) is 25.9 Å². The number of ether oxygens (including phenoxy) is 1. The summed E-state index contributed by atoms with van der Waals surface area (Å²) in [6.07, 6.45) is 1.05. The number of rotatable bonds is 3. The smallest absolute Gasteiger partial charge is 0.410 e. The SMILES string of the molecule is Cc1ccccc1C(C)NC(=O)C1CCN(C(=O)OC(C)(C)C)CC1. The van der Waals surface area contributed by atoms with E-state index in [1.54, 1.807) is 4.90 Å². The molecule has 1 N–H and O–H groups in total. The molecule has 2 rings (SSSR count). The van der Waals surface area contributed by atoms with Crippen molar-refractivity contribution in [2.24, 2.45) is 5.92 Å². The van der Waals surface area contributed by atoms with E-state index in [1.807, 2.05) is 45.9 Å². The van der Waals surface area contributed by atoms with Gasteiger partial charge in [-0.1, -0.05) is 24.3 Å². The van der Waals surface area contributed by atoms with Crippen LogP contribution in [-0.2, 0) is 9.53 Å². The zero-order chi connectivity index (χ0) is 18.6. The third-order valence-electron chi connectivity index (χ3n) is 4.53. The Morgan fingerprint density at radius 2 is 1.80 bits per heavy atom. The van der Waals surface area contributed by atoms with Crippen LogP contribution in [0.1, 0.15) is 57.7 Å². The van der Waals surface area contributed by atoms with Crippen LogP contribution in [-0.4, -0.2) is 35.6 Å². The summed E-state index contributed by atoms with van der Waals surface area (Å²) >= 11 is 0. The summed E-state index contributed by atoms with van der Waals surface area (Å²) in [6.45, 7) is 10.8. The quantitative estimate of drug-likeness (QED) is 0.905. The zero-order valence-corrected chi connectivity index (χ0v) is 16.0. The topological polar surface area (TPSA) is 58.6 Å². The van der Waals surface area contributed by atoms with Gasteiger partial charge in [0, 0.05) is 19.0 Å². The molecule has 138 valence electrons. The van der Waals surface area contributed by atoms with Crippen molar-refractivity contribution in [3.8, 4) is 0 Å². The highest BCUT2D eigenvalue weighted by Crippen LogP contribution is 2.22. The molecule has 0 bridgehead atoms. The molecule has 5 heteroatoms. The van der Waals surface area contributed by atoms with Crippen LogP contribution in [0.2, 0.25) is 0 Å². The lowest BCUT2D eigenvalue weighted by molar-refractivity contribution is -0.127. The standard InChI is InChI=1S/C20H30N2O3/c1-14-8-6-7-9-17(14)15(2)21-18(23)16-10-12-22(13-11-16)19(24)25-20(3,4)5/h6-9,15-16H,10-13H2,1-5H3,(H,21,23). The fraction of sp³-hybridized carbons (Fsp3) is 0.600. The van der Waals surface area contributed by atoms with Crippen LogP contribution in [0.15, 0.2) is 24.3 Å². The Bertz CT molecular complexity index is 614. The molecular weight excluding hydrogens is 316 g/mol. The second-order valence-electron chi connectivity index (χ2n) is 7.83. The van der Waals surface area contributed by atoms with Gasteiger partial charge < -0.3 is 15.0 Å². The van der Waals surface area contributed by atoms with Crippen LogP contribution in [0.5, 0.6) is 0 Å². The lowest BCUT2D eigenvalue weighted by Gasteiger charge is -2.33. The number of nitrogens with zero attached hydrogens (tertiary/aromatic N) is 1. The zero-order valence-electron chi connectivity index (χ0n) is 16.0. The Balaban J connectivity index is 1.85. The van der Waals surface area contributed by atoms with Gasteiger partial charge in [0.15, 0.2) is 0 Å². The van der Waals surface area contributed by atoms with Crippen molar-refractivity contribution in [3.63, 3.8) is 0 Å². The van der Waals surface area contributed by atoms with E-state index >= 15 is 0 Å². The predicted molar refractivity (Wildman–Crippen MR) is 98.3 cm³/mol. The van der Waals surface area contributed by atoms with Gasteiger partial charge in [-0.15, -0.1) is 0 Å². The first-order valence-corrected chi connectivity index (χ1v) is 9.01. The minimum absolute atomic E-state index is 0.0161. The summed E-state index contributed by atoms with van der Waals surface area (Å²) in [5.41, 5.74) is 1.82. The van der Waals surface area contributed by atoms with Gasteiger partial charge in [-0.25, -0.2) is 4.79 Å². The van der Waals surface area contributed by atoms with E-state index in [1.165, 1.54) is 5.56 Å². The Morgan fingerprint density at radius 1 is 1.20 bits per heavy atom. The van der Waals surface area contributed by atoms with Gasteiger partial charge in [0.1, 0.15) is 5.60 Å². The van der Waals surface area contributed by atoms with Crippen molar-refractivity contribution in [1.29, 1.82) is 0 Å². The van der Waals surface area contributed by atoms with E-state index in [2.05, 4.69) is 18.3 Å². The second-order valence-corrected chi connectivity index (χ2v) is 7.83. The molecule has 1 aromatic rings. The summed E-state index contributed by atoms with van der Waals surface area (Å²) in [6, 6.07) is 8.07. The number of hydrogen-bond donors (Lipinski definition) is 1. The minimum atomic E-state index is -0.492. The van der Waals surface area contributed by atoms with E-state index in [-0.39, 0.29) is 24.0 Å². The number of amides is 2. The van der Waals surface area contributed by atoms with Gasteiger partial charge in [0.2, 0.25) is 5.91 Å². The average molecular weight is 346 g/mol. The normalized spacial score (nSPS) is 17.1. The number of nitrogens with one attached hydrogen (secondary N) is 1. The van der Waals surface area contributed by atoms with Crippen molar-refractivity contribution < 1.29 is 14.3 Å². The van der Waals surface area contributed by atoms with Gasteiger partial charge in [-0.3, -0.25) is 4.79 Å². The van der Waals surface area contributed by atoms with Crippen LogP contribution in [0.3, 0.4) is 0 Å². The van der Waals surface area contributed by atoms with E-state index in [4.69, 9.17) is 4.74 Å². The Kier molecular flexibility index (Phi) is 6.09. The summed E-state index contributed by atoms with van der Waals surface area (Å²) in [7, 11) is 0. The monoisotopic (exact) mass is 346 g/mol. The van der Waals surface area contributed by atoms with Crippen molar-refractivity contribution in [2.75, 3.05) is 13.1 Å². The molecule has 1 fully saturated rings. The molecule has 0 aliphatic carbocycles. The van der Waals surface area contributed by atoms with Crippen LogP contribution in [0, 0.1) is 12.8 Å². The molecule has 0 saturated carbocycles. The van der Waals surface area contributed by atoms with Crippen LogP contribution in [0.25, 0.3) is 0 Å². The Labute approximate surface area is 150 Å². The Morgan fingerprint density at radius 3 is 2.36 bits per heavy atom. The molecule has 1 aromatic carbocycles. The lowest BCUT2D eigenvalue weighted by atomic mass is 9.95. The molecule has 5 nitrogen and oxygen atoms in total. The maximum atomic E-state index is 12.6. The highest BCUT2D eigenvalue weighted by molar-refractivity contribution is 5.79. The number of hydrogen-bond acceptors (Lipinski definition) is 3. The molecule has 0 aromatic heterocycles. The molecule has 1 heterocycles. The number of aryl methyl sites for hydroxylation is 1. The van der Waals surface area contributed by atoms with Crippen LogP contribution < -0.4 is 5.32 Å². The van der Waals surface area contributed by atoms with E-state index in [9.17, 15) is 9.59 Å². The molecule has 1 aliphatic heterocycles. The van der Waals surface area contributed by atoms with Crippen molar-refractivity contribution in [3.05, 3.63) is 35.4 Å². The summed E-state index contributed by atoms with van der Waals surface area (Å²) < 4.78 is 5.39. The molecule has 1 aliphatic rings. The molecular formula is C20H30N2O3. The third-order valence-corrected chi connectivity index (χ3v) is 4.53. The number of likely N-dealkylation sites (tertiary alicyclic amines) is 1. The van der Waals surface area contributed by atoms with Gasteiger partial charge in [0.05, 0.1) is 6.04 Å². The van der Waals surface area contributed by atoms with Gasteiger partial charge in [-0.05, 0) is 58.6 Å². The predicted octanol–water partition coefficient (Wildman–Crippen LogP) is 3.82. The third kappa shape index (κ3) is 5.48. The maximum Gasteiger partial charge on any atom is 0.410 e. The van der Waals surface area contributed by atoms with Gasteiger partial charge >= 0.3 is 6.09 Å². The highest BCUT2D eigenvalue weighted by atomic mass is 16.6. The highest BCUT2D eigenvalue weighted by Gasteiger charge is 2.30. The largest absolute Gasteiger partial charge is 0.444 e. The van der Waals surface area contributed by atoms with Crippen LogP contribution >= 0.6 is 0 Å². The number of carbonyl (C=O) groups is 2. The molecule has 1 saturated heterocycles. The first kappa shape index (κ1) is 19.3. The molecule has 1 atom stereocenters. The minimum Gasteiger partial charge on any atom is -0.444 e. The fourth-order valence-corrected chi connectivity index (χ4v) is 3.13. The summed E-state index contributed by atoms with van der Waals surface area (Å²) in [4.78, 5) is 26.3. The fourth-order valence-electron chi connectivity index (χ4n) is 3.13. The second kappa shape index (κ2) is 7.89. The number of carbonyl (C=O) groups excluding carboxylic acids is 2. The summed E-state index contributed by atoms with van der Waals surface area (Å²) in [5, 5.41) is 3.12. The molecule has 0 radical (unpaired) electrons.